The number of nitrogens with one attached hydrogen (secondary N) is 3. The minimum absolute atomic E-state index is 0.0519. The Hall–Kier alpha value is -6.67. The highest BCUT2D eigenvalue weighted by atomic mass is 32.2. The molecule has 17 nitrogen and oxygen atoms in total. The Morgan fingerprint density at radius 2 is 1.71 bits per heavy atom. The number of amides is 1. The summed E-state index contributed by atoms with van der Waals surface area (Å²) in [6, 6.07) is 26.5. The van der Waals surface area contributed by atoms with Gasteiger partial charge in [0, 0.05) is 114 Å². The molecule has 384 valence electrons. The van der Waals surface area contributed by atoms with E-state index in [-0.39, 0.29) is 61.1 Å². The molecule has 10 rings (SSSR count). The molecule has 1 amide bonds. The second-order valence-electron chi connectivity index (χ2n) is 20.4. The van der Waals surface area contributed by atoms with E-state index in [1.807, 2.05) is 18.2 Å². The first-order valence-electron chi connectivity index (χ1n) is 25.1. The molecular formula is C54H62FN9O8S. The molecule has 1 spiro atoms. The van der Waals surface area contributed by atoms with E-state index >= 15 is 4.39 Å². The lowest BCUT2D eigenvalue weighted by molar-refractivity contribution is -0.384. The summed E-state index contributed by atoms with van der Waals surface area (Å²) in [5.41, 5.74) is 2.45. The number of fused-ring (bicyclic) bond motifs is 1. The first-order valence-corrected chi connectivity index (χ1v) is 26.6. The zero-order valence-corrected chi connectivity index (χ0v) is 42.2. The maximum Gasteiger partial charge on any atom is 0.293 e. The highest BCUT2D eigenvalue weighted by molar-refractivity contribution is 7.90. The van der Waals surface area contributed by atoms with Gasteiger partial charge in [0.25, 0.3) is 21.6 Å². The molecule has 4 fully saturated rings. The summed E-state index contributed by atoms with van der Waals surface area (Å²) in [5.74, 6) is 1.15. The number of sulfonamides is 1. The fourth-order valence-electron chi connectivity index (χ4n) is 11.2. The molecule has 6 aromatic rings. The molecule has 3 aliphatic heterocycles. The van der Waals surface area contributed by atoms with Gasteiger partial charge in [-0.25, -0.2) is 27.5 Å². The average molecular weight is 1020 g/mol. The standard InChI is InChI=1S/C54H62FN9O8S/c1-36(2)43-6-4-5-7-44(43)48-34-61(33-37-8-10-40(70-3)11-9-37)22-23-63(48)39-29-53(30-39)15-20-62(21-16-53)50-28-49(72-41-26-38-14-19-56-51(38)58-31-41)45(32-57-50)52(65)60-73(68,69)42-12-13-46(47(27-42)64(66)67)59-35-54(55)17-24-71-25-18-54/h4-14,19,26-28,31-32,36,39,48,59H,15-18,20-25,29-30,33-35H2,1-3H3,(H,56,58)(H,60,65)/t48-/m0/s1. The third kappa shape index (κ3) is 10.9. The van der Waals surface area contributed by atoms with E-state index in [9.17, 15) is 23.3 Å². The van der Waals surface area contributed by atoms with Crippen LogP contribution in [0.25, 0.3) is 11.0 Å². The molecule has 0 radical (unpaired) electrons. The molecule has 4 aliphatic rings. The van der Waals surface area contributed by atoms with Crippen molar-refractivity contribution in [2.75, 3.05) is 69.8 Å². The van der Waals surface area contributed by atoms with Crippen molar-refractivity contribution < 1.29 is 36.7 Å². The van der Waals surface area contributed by atoms with Gasteiger partial charge in [-0.15, -0.1) is 0 Å². The first kappa shape index (κ1) is 49.9. The van der Waals surface area contributed by atoms with Crippen LogP contribution < -0.4 is 24.4 Å². The van der Waals surface area contributed by atoms with E-state index in [4.69, 9.17) is 14.2 Å². The van der Waals surface area contributed by atoms with Gasteiger partial charge in [0.05, 0.1) is 23.1 Å². The number of nitrogens with zero attached hydrogens (tertiary/aromatic N) is 6. The van der Waals surface area contributed by atoms with Gasteiger partial charge in [-0.05, 0) is 90.1 Å². The van der Waals surface area contributed by atoms with Gasteiger partial charge >= 0.3 is 0 Å². The van der Waals surface area contributed by atoms with Gasteiger partial charge in [-0.2, -0.15) is 0 Å². The quantitative estimate of drug-likeness (QED) is 0.0613. The number of nitro benzene ring substituents is 1. The van der Waals surface area contributed by atoms with Crippen molar-refractivity contribution in [3.8, 4) is 17.2 Å². The van der Waals surface area contributed by atoms with Gasteiger partial charge in [0.2, 0.25) is 0 Å². The molecule has 19 heteroatoms. The number of rotatable bonds is 16. The van der Waals surface area contributed by atoms with Crippen molar-refractivity contribution in [1.29, 1.82) is 0 Å². The van der Waals surface area contributed by atoms with E-state index in [1.54, 1.807) is 25.4 Å². The summed E-state index contributed by atoms with van der Waals surface area (Å²) in [6.07, 6.45) is 8.93. The van der Waals surface area contributed by atoms with Gasteiger partial charge in [0.1, 0.15) is 45.6 Å². The summed E-state index contributed by atoms with van der Waals surface area (Å²) in [6.45, 7) is 10.1. The summed E-state index contributed by atoms with van der Waals surface area (Å²) in [5, 5.41) is 15.7. The topological polar surface area (TPSA) is 197 Å². The number of carbonyl (C=O) groups excluding carboxylic acids is 1. The number of nitro groups is 1. The molecule has 1 aliphatic carbocycles. The molecule has 0 bridgehead atoms. The van der Waals surface area contributed by atoms with Gasteiger partial charge in [-0.3, -0.25) is 24.7 Å². The van der Waals surface area contributed by atoms with Crippen LogP contribution in [-0.2, 0) is 21.3 Å². The van der Waals surface area contributed by atoms with Crippen molar-refractivity contribution >= 4 is 44.2 Å². The second-order valence-corrected chi connectivity index (χ2v) is 22.1. The van der Waals surface area contributed by atoms with Crippen molar-refractivity contribution in [1.82, 2.24) is 29.5 Å². The maximum absolute atomic E-state index is 15.3. The van der Waals surface area contributed by atoms with Crippen LogP contribution in [0.1, 0.15) is 91.4 Å². The minimum atomic E-state index is -4.68. The number of ether oxygens (including phenoxy) is 3. The SMILES string of the molecule is COc1ccc(CN2CCN(C3CC4(CCN(c5cc(Oc6cnc7[nH]ccc7c6)c(C(=O)NS(=O)(=O)c6ccc(NCC7(F)CCOCC7)c([N+](=O)[O-])c6)cn5)CC4)C3)[C@H](c3ccccc3C(C)C)C2)cc1. The number of piperazine rings is 1. The molecule has 1 saturated carbocycles. The number of benzene rings is 3. The highest BCUT2D eigenvalue weighted by Gasteiger charge is 2.50. The molecule has 3 aromatic carbocycles. The Bertz CT molecular complexity index is 3080. The summed E-state index contributed by atoms with van der Waals surface area (Å²) < 4.78 is 61.9. The van der Waals surface area contributed by atoms with Gasteiger partial charge in [-0.1, -0.05) is 50.2 Å². The summed E-state index contributed by atoms with van der Waals surface area (Å²) in [7, 11) is -2.98. The second kappa shape index (κ2) is 20.7. The molecular weight excluding hydrogens is 954 g/mol. The Labute approximate surface area is 424 Å². The van der Waals surface area contributed by atoms with Crippen molar-refractivity contribution in [3.63, 3.8) is 0 Å². The Balaban J connectivity index is 0.837. The molecule has 6 heterocycles. The largest absolute Gasteiger partial charge is 0.497 e. The van der Waals surface area contributed by atoms with E-state index in [2.05, 4.69) is 89.9 Å². The number of aromatic amines is 1. The van der Waals surface area contributed by atoms with Crippen LogP contribution in [0.2, 0.25) is 0 Å². The van der Waals surface area contributed by atoms with Crippen LogP contribution >= 0.6 is 0 Å². The number of aromatic nitrogens is 3. The van der Waals surface area contributed by atoms with E-state index < -0.39 is 37.1 Å². The number of pyridine rings is 2. The monoisotopic (exact) mass is 1020 g/mol. The minimum Gasteiger partial charge on any atom is -0.497 e. The van der Waals surface area contributed by atoms with Crippen LogP contribution in [-0.4, -0.2) is 115 Å². The predicted octanol–water partition coefficient (Wildman–Crippen LogP) is 9.15. The lowest BCUT2D eigenvalue weighted by Crippen LogP contribution is -2.60. The lowest BCUT2D eigenvalue weighted by atomic mass is 9.59. The first-order chi connectivity index (χ1) is 35.2. The lowest BCUT2D eigenvalue weighted by Gasteiger charge is -2.58. The molecule has 3 aromatic heterocycles. The molecule has 3 N–H and O–H groups in total. The van der Waals surface area contributed by atoms with Crippen LogP contribution in [0.15, 0.2) is 108 Å². The molecule has 73 heavy (non-hydrogen) atoms. The van der Waals surface area contributed by atoms with Gasteiger partial charge < -0.3 is 29.4 Å². The number of piperidine rings is 1. The van der Waals surface area contributed by atoms with Gasteiger partial charge in [0.15, 0.2) is 0 Å². The fraction of sp³-hybridized carbons (Fsp3) is 0.426. The van der Waals surface area contributed by atoms with E-state index in [1.165, 1.54) is 35.2 Å². The third-order valence-electron chi connectivity index (χ3n) is 15.4. The van der Waals surface area contributed by atoms with Crippen molar-refractivity contribution in [3.05, 3.63) is 136 Å². The Morgan fingerprint density at radius 1 is 0.945 bits per heavy atom. The Kier molecular flexibility index (Phi) is 14.1. The Morgan fingerprint density at radius 3 is 2.45 bits per heavy atom. The van der Waals surface area contributed by atoms with Crippen LogP contribution in [0.5, 0.6) is 17.2 Å². The van der Waals surface area contributed by atoms with E-state index in [0.717, 1.165) is 88.2 Å². The number of hydrogen-bond acceptors (Lipinski definition) is 14. The number of halogens is 1. The fourth-order valence-corrected chi connectivity index (χ4v) is 12.2. The zero-order valence-electron chi connectivity index (χ0n) is 41.4. The molecule has 1 atom stereocenters. The normalized spacial score (nSPS) is 19.4. The highest BCUT2D eigenvalue weighted by Crippen LogP contribution is 2.53. The number of carbonyl (C=O) groups is 1. The zero-order chi connectivity index (χ0) is 50.9. The predicted molar refractivity (Wildman–Crippen MR) is 276 cm³/mol. The maximum atomic E-state index is 15.3. The van der Waals surface area contributed by atoms with Crippen LogP contribution in [0.4, 0.5) is 21.6 Å². The molecule has 3 saturated heterocycles. The average Bonchev–Trinajstić information content (AvgIpc) is 3.86. The number of H-pyrrole nitrogens is 1. The third-order valence-corrected chi connectivity index (χ3v) is 16.7. The number of anilines is 2. The summed E-state index contributed by atoms with van der Waals surface area (Å²) in [4.78, 5) is 44.6. The van der Waals surface area contributed by atoms with Crippen molar-refractivity contribution in [2.24, 2.45) is 5.41 Å². The van der Waals surface area contributed by atoms with E-state index in [0.29, 0.717) is 29.2 Å². The van der Waals surface area contributed by atoms with Crippen LogP contribution in [0.3, 0.4) is 0 Å². The van der Waals surface area contributed by atoms with Crippen molar-refractivity contribution in [2.45, 2.75) is 87.5 Å². The smallest absolute Gasteiger partial charge is 0.293 e. The van der Waals surface area contributed by atoms with Crippen LogP contribution in [0, 0.1) is 15.5 Å². The molecule has 0 unspecified atom stereocenters. The number of hydrogen-bond donors (Lipinski definition) is 3. The number of methoxy groups -OCH3 is 1. The summed E-state index contributed by atoms with van der Waals surface area (Å²) >= 11 is 0. The number of alkyl halides is 1.